The summed E-state index contributed by atoms with van der Waals surface area (Å²) in [4.78, 5) is 23.4. The lowest BCUT2D eigenvalue weighted by molar-refractivity contribution is -0.143. The van der Waals surface area contributed by atoms with Crippen molar-refractivity contribution in [3.8, 4) is 0 Å². The molecule has 0 radical (unpaired) electrons. The highest BCUT2D eigenvalue weighted by Gasteiger charge is 2.36. The van der Waals surface area contributed by atoms with E-state index < -0.39 is 11.9 Å². The van der Waals surface area contributed by atoms with Gasteiger partial charge in [-0.3, -0.25) is 9.59 Å². The van der Waals surface area contributed by atoms with Crippen LogP contribution in [0, 0.1) is 18.7 Å². The van der Waals surface area contributed by atoms with Crippen LogP contribution >= 0.6 is 0 Å². The van der Waals surface area contributed by atoms with Crippen LogP contribution in [0.4, 0.5) is 4.39 Å². The van der Waals surface area contributed by atoms with Gasteiger partial charge in [0, 0.05) is 12.8 Å². The first-order chi connectivity index (χ1) is 9.04. The van der Waals surface area contributed by atoms with Crippen LogP contribution < -0.4 is 0 Å². The van der Waals surface area contributed by atoms with Crippen LogP contribution in [0.15, 0.2) is 18.2 Å². The van der Waals surface area contributed by atoms with Crippen molar-refractivity contribution in [3.05, 3.63) is 35.1 Å². The van der Waals surface area contributed by atoms with Gasteiger partial charge in [-0.2, -0.15) is 0 Å². The third-order valence-corrected chi connectivity index (χ3v) is 3.86. The van der Waals surface area contributed by atoms with E-state index >= 15 is 0 Å². The lowest BCUT2D eigenvalue weighted by Gasteiger charge is -2.22. The molecule has 1 fully saturated rings. The molecular formula is C15H17FO3. The monoisotopic (exact) mass is 264 g/mol. The van der Waals surface area contributed by atoms with Crippen LogP contribution in [-0.4, -0.2) is 18.9 Å². The van der Waals surface area contributed by atoms with Crippen molar-refractivity contribution in [2.45, 2.75) is 32.1 Å². The normalized spacial score (nSPS) is 20.4. The van der Waals surface area contributed by atoms with Gasteiger partial charge in [0.2, 0.25) is 0 Å². The lowest BCUT2D eigenvalue weighted by Crippen LogP contribution is -2.23. The van der Waals surface area contributed by atoms with Crippen molar-refractivity contribution in [2.75, 3.05) is 7.11 Å². The van der Waals surface area contributed by atoms with E-state index in [2.05, 4.69) is 0 Å². The molecule has 19 heavy (non-hydrogen) atoms. The summed E-state index contributed by atoms with van der Waals surface area (Å²) in [6.07, 6.45) is 1.52. The zero-order valence-corrected chi connectivity index (χ0v) is 11.1. The van der Waals surface area contributed by atoms with Gasteiger partial charge in [0.15, 0.2) is 0 Å². The molecule has 0 saturated heterocycles. The third-order valence-electron chi connectivity index (χ3n) is 3.86. The number of carbonyl (C=O) groups excluding carboxylic acids is 2. The molecule has 1 aromatic rings. The molecule has 2 unspecified atom stereocenters. The number of hydrogen-bond acceptors (Lipinski definition) is 3. The lowest BCUT2D eigenvalue weighted by atomic mass is 9.82. The van der Waals surface area contributed by atoms with Gasteiger partial charge in [0.05, 0.1) is 13.0 Å². The van der Waals surface area contributed by atoms with E-state index in [9.17, 15) is 14.0 Å². The topological polar surface area (TPSA) is 43.4 Å². The van der Waals surface area contributed by atoms with Gasteiger partial charge in [0.25, 0.3) is 0 Å². The number of ketones is 1. The van der Waals surface area contributed by atoms with Crippen LogP contribution in [0.2, 0.25) is 0 Å². The Hall–Kier alpha value is -1.71. The summed E-state index contributed by atoms with van der Waals surface area (Å²) in [6, 6.07) is 4.69. The molecule has 1 saturated carbocycles. The fourth-order valence-electron chi connectivity index (χ4n) is 2.79. The van der Waals surface area contributed by atoms with Crippen molar-refractivity contribution in [1.82, 2.24) is 0 Å². The predicted molar refractivity (Wildman–Crippen MR) is 68.2 cm³/mol. The zero-order chi connectivity index (χ0) is 14.0. The summed E-state index contributed by atoms with van der Waals surface area (Å²) in [7, 11) is 1.32. The second-order valence-corrected chi connectivity index (χ2v) is 5.00. The highest BCUT2D eigenvalue weighted by atomic mass is 19.1. The van der Waals surface area contributed by atoms with Crippen LogP contribution in [0.5, 0.6) is 0 Å². The predicted octanol–water partition coefficient (Wildman–Crippen LogP) is 2.76. The SMILES string of the molecule is COC(=O)C(c1cccc(F)c1C)C1CCC(=O)C1. The molecule has 0 heterocycles. The zero-order valence-electron chi connectivity index (χ0n) is 11.1. The number of methoxy groups -OCH3 is 1. The number of halogens is 1. The van der Waals surface area contributed by atoms with Gasteiger partial charge in [-0.05, 0) is 36.5 Å². The summed E-state index contributed by atoms with van der Waals surface area (Å²) in [5.41, 5.74) is 1.09. The Morgan fingerprint density at radius 2 is 2.21 bits per heavy atom. The van der Waals surface area contributed by atoms with E-state index in [1.54, 1.807) is 19.1 Å². The molecular weight excluding hydrogens is 247 g/mol. The Bertz CT molecular complexity index is 510. The summed E-state index contributed by atoms with van der Waals surface area (Å²) in [5.74, 6) is -1.20. The smallest absolute Gasteiger partial charge is 0.313 e. The number of carbonyl (C=O) groups is 2. The van der Waals surface area contributed by atoms with Gasteiger partial charge in [0.1, 0.15) is 11.6 Å². The minimum Gasteiger partial charge on any atom is -0.469 e. The molecule has 0 aromatic heterocycles. The van der Waals surface area contributed by atoms with Crippen molar-refractivity contribution >= 4 is 11.8 Å². The van der Waals surface area contributed by atoms with Gasteiger partial charge >= 0.3 is 5.97 Å². The maximum atomic E-state index is 13.7. The standard InChI is InChI=1S/C15H17FO3/c1-9-12(4-3-5-13(9)16)14(15(18)19-2)10-6-7-11(17)8-10/h3-5,10,14H,6-8H2,1-2H3. The van der Waals surface area contributed by atoms with Crippen molar-refractivity contribution < 1.29 is 18.7 Å². The maximum Gasteiger partial charge on any atom is 0.313 e. The van der Waals surface area contributed by atoms with Crippen LogP contribution in [0.3, 0.4) is 0 Å². The van der Waals surface area contributed by atoms with Crippen LogP contribution in [0.1, 0.15) is 36.3 Å². The molecule has 1 aromatic carbocycles. The first-order valence-electron chi connectivity index (χ1n) is 6.39. The minimum atomic E-state index is -0.549. The van der Waals surface area contributed by atoms with Crippen LogP contribution in [0.25, 0.3) is 0 Å². The quantitative estimate of drug-likeness (QED) is 0.788. The Balaban J connectivity index is 2.40. The van der Waals surface area contributed by atoms with E-state index in [1.165, 1.54) is 13.2 Å². The molecule has 0 spiro atoms. The molecule has 2 atom stereocenters. The Kier molecular flexibility index (Phi) is 3.98. The number of benzene rings is 1. The Morgan fingerprint density at radius 1 is 1.47 bits per heavy atom. The van der Waals surface area contributed by atoms with Gasteiger partial charge in [-0.1, -0.05) is 12.1 Å². The van der Waals surface area contributed by atoms with Gasteiger partial charge in [-0.15, -0.1) is 0 Å². The number of ether oxygens (including phenoxy) is 1. The average molecular weight is 264 g/mol. The largest absolute Gasteiger partial charge is 0.469 e. The van der Waals surface area contributed by atoms with Crippen molar-refractivity contribution in [3.63, 3.8) is 0 Å². The molecule has 0 aliphatic heterocycles. The van der Waals surface area contributed by atoms with Gasteiger partial charge in [-0.25, -0.2) is 4.39 Å². The molecule has 1 aliphatic carbocycles. The summed E-state index contributed by atoms with van der Waals surface area (Å²) >= 11 is 0. The molecule has 102 valence electrons. The second kappa shape index (κ2) is 5.51. The van der Waals surface area contributed by atoms with Crippen LogP contribution in [-0.2, 0) is 14.3 Å². The van der Waals surface area contributed by atoms with Crippen molar-refractivity contribution in [2.24, 2.45) is 5.92 Å². The Labute approximate surface area is 111 Å². The number of rotatable bonds is 3. The van der Waals surface area contributed by atoms with E-state index in [0.29, 0.717) is 30.4 Å². The summed E-state index contributed by atoms with van der Waals surface area (Å²) in [6.45, 7) is 1.65. The molecule has 1 aliphatic rings. The molecule has 3 nitrogen and oxygen atoms in total. The fraction of sp³-hybridized carbons (Fsp3) is 0.467. The molecule has 0 bridgehead atoms. The number of esters is 1. The average Bonchev–Trinajstić information content (AvgIpc) is 2.81. The van der Waals surface area contributed by atoms with E-state index in [-0.39, 0.29) is 17.5 Å². The molecule has 4 heteroatoms. The second-order valence-electron chi connectivity index (χ2n) is 5.00. The third kappa shape index (κ3) is 2.67. The number of hydrogen-bond donors (Lipinski definition) is 0. The highest BCUT2D eigenvalue weighted by molar-refractivity contribution is 5.84. The molecule has 2 rings (SSSR count). The molecule has 0 N–H and O–H groups in total. The maximum absolute atomic E-state index is 13.7. The first kappa shape index (κ1) is 13.7. The number of Topliss-reactive ketones (excluding diaryl/α,β-unsaturated/α-hetero) is 1. The van der Waals surface area contributed by atoms with Crippen molar-refractivity contribution in [1.29, 1.82) is 0 Å². The minimum absolute atomic E-state index is 0.0829. The molecule has 0 amide bonds. The van der Waals surface area contributed by atoms with Gasteiger partial charge < -0.3 is 4.74 Å². The highest BCUT2D eigenvalue weighted by Crippen LogP contribution is 2.38. The first-order valence-corrected chi connectivity index (χ1v) is 6.39. The fourth-order valence-corrected chi connectivity index (χ4v) is 2.79. The summed E-state index contributed by atoms with van der Waals surface area (Å²) < 4.78 is 18.5. The van der Waals surface area contributed by atoms with E-state index in [0.717, 1.165) is 0 Å². The van der Waals surface area contributed by atoms with E-state index in [4.69, 9.17) is 4.74 Å². The summed E-state index contributed by atoms with van der Waals surface area (Å²) in [5, 5.41) is 0. The Morgan fingerprint density at radius 3 is 2.79 bits per heavy atom. The van der Waals surface area contributed by atoms with E-state index in [1.807, 2.05) is 0 Å².